The van der Waals surface area contributed by atoms with Crippen LogP contribution in [0, 0.1) is 5.92 Å². The van der Waals surface area contributed by atoms with Crippen LogP contribution in [0.5, 0.6) is 0 Å². The Balaban J connectivity index is 1.39. The molecule has 2 N–H and O–H groups in total. The third-order valence-electron chi connectivity index (χ3n) is 6.16. The first-order chi connectivity index (χ1) is 17.7. The van der Waals surface area contributed by atoms with Crippen molar-refractivity contribution in [3.8, 4) is 11.4 Å². The van der Waals surface area contributed by atoms with Gasteiger partial charge in [0.25, 0.3) is 0 Å². The van der Waals surface area contributed by atoms with Crippen molar-refractivity contribution in [1.29, 1.82) is 0 Å². The SMILES string of the molecule is CN=CC1(OC)CC(C(=O)Nc2ccc(-c3nnn(C)c3NC(=O)O[C@H](C)c3cccnc3Cl)nc2)C1. The quantitative estimate of drug-likeness (QED) is 0.334. The summed E-state index contributed by atoms with van der Waals surface area (Å²) < 4.78 is 12.3. The van der Waals surface area contributed by atoms with Crippen LogP contribution in [0.15, 0.2) is 41.7 Å². The number of nitrogens with one attached hydrogen (secondary N) is 2. The van der Waals surface area contributed by atoms with E-state index in [9.17, 15) is 9.59 Å². The van der Waals surface area contributed by atoms with Crippen LogP contribution in [-0.4, -0.2) is 62.9 Å². The average Bonchev–Trinajstić information content (AvgIpc) is 3.21. The Bertz CT molecular complexity index is 1300. The molecule has 12 nitrogen and oxygen atoms in total. The van der Waals surface area contributed by atoms with Crippen LogP contribution in [0.3, 0.4) is 0 Å². The van der Waals surface area contributed by atoms with Crippen LogP contribution in [0.25, 0.3) is 11.4 Å². The Morgan fingerprint density at radius 3 is 2.70 bits per heavy atom. The zero-order valence-corrected chi connectivity index (χ0v) is 21.6. The Labute approximate surface area is 218 Å². The van der Waals surface area contributed by atoms with Crippen LogP contribution < -0.4 is 10.6 Å². The second-order valence-electron chi connectivity index (χ2n) is 8.65. The van der Waals surface area contributed by atoms with E-state index < -0.39 is 17.8 Å². The normalized spacial score (nSPS) is 19.8. The lowest BCUT2D eigenvalue weighted by Crippen LogP contribution is -2.51. The molecule has 1 aliphatic rings. The van der Waals surface area contributed by atoms with Crippen LogP contribution in [0.2, 0.25) is 5.15 Å². The van der Waals surface area contributed by atoms with Gasteiger partial charge in [-0.15, -0.1) is 5.10 Å². The van der Waals surface area contributed by atoms with Gasteiger partial charge in [-0.2, -0.15) is 0 Å². The lowest BCUT2D eigenvalue weighted by Gasteiger charge is -2.42. The molecule has 4 rings (SSSR count). The van der Waals surface area contributed by atoms with Crippen molar-refractivity contribution in [1.82, 2.24) is 25.0 Å². The van der Waals surface area contributed by atoms with Crippen molar-refractivity contribution in [2.24, 2.45) is 18.0 Å². The molecule has 3 aromatic rings. The van der Waals surface area contributed by atoms with E-state index in [0.717, 1.165) is 0 Å². The molecule has 0 aliphatic heterocycles. The summed E-state index contributed by atoms with van der Waals surface area (Å²) in [7, 11) is 4.93. The number of aromatic nitrogens is 5. The molecule has 1 fully saturated rings. The Morgan fingerprint density at radius 1 is 1.27 bits per heavy atom. The van der Waals surface area contributed by atoms with Gasteiger partial charge in [0.2, 0.25) is 5.91 Å². The number of aryl methyl sites for hydroxylation is 1. The number of rotatable bonds is 8. The topological polar surface area (TPSA) is 146 Å². The summed E-state index contributed by atoms with van der Waals surface area (Å²) in [5.74, 6) is 0.00396. The van der Waals surface area contributed by atoms with Gasteiger partial charge in [0, 0.05) is 45.1 Å². The number of carbonyl (C=O) groups excluding carboxylic acids is 2. The highest BCUT2D eigenvalue weighted by Gasteiger charge is 2.46. The van der Waals surface area contributed by atoms with Crippen molar-refractivity contribution in [2.45, 2.75) is 31.5 Å². The molecule has 1 saturated carbocycles. The van der Waals surface area contributed by atoms with E-state index in [1.165, 1.54) is 10.9 Å². The first kappa shape index (κ1) is 26.2. The van der Waals surface area contributed by atoms with Crippen molar-refractivity contribution in [3.05, 3.63) is 47.4 Å². The minimum atomic E-state index is -0.719. The highest BCUT2D eigenvalue weighted by Crippen LogP contribution is 2.40. The maximum atomic E-state index is 12.6. The lowest BCUT2D eigenvalue weighted by atomic mass is 9.71. The van der Waals surface area contributed by atoms with Crippen molar-refractivity contribution < 1.29 is 19.1 Å². The number of hydrogen-bond acceptors (Lipinski definition) is 9. The first-order valence-electron chi connectivity index (χ1n) is 11.5. The number of aliphatic imine (C=N–C) groups is 1. The van der Waals surface area contributed by atoms with E-state index in [1.54, 1.807) is 64.8 Å². The van der Waals surface area contributed by atoms with Gasteiger partial charge >= 0.3 is 6.09 Å². The van der Waals surface area contributed by atoms with Crippen molar-refractivity contribution >= 4 is 41.3 Å². The summed E-state index contributed by atoms with van der Waals surface area (Å²) >= 11 is 6.09. The van der Waals surface area contributed by atoms with Crippen molar-refractivity contribution in [2.75, 3.05) is 24.8 Å². The number of anilines is 2. The summed E-state index contributed by atoms with van der Waals surface area (Å²) in [5.41, 5.74) is 1.43. The Kier molecular flexibility index (Phi) is 7.79. The molecule has 1 atom stereocenters. The molecule has 3 heterocycles. The molecule has 0 aromatic carbocycles. The van der Waals surface area contributed by atoms with Gasteiger partial charge in [0.05, 0.1) is 17.6 Å². The van der Waals surface area contributed by atoms with Gasteiger partial charge in [-0.05, 0) is 38.0 Å². The van der Waals surface area contributed by atoms with E-state index in [1.807, 2.05) is 0 Å². The molecule has 0 radical (unpaired) electrons. The molecule has 1 aliphatic carbocycles. The standard InChI is InChI=1S/C24H27ClN8O4/c1-14(17-6-5-9-27-20(17)25)37-23(35)30-21-19(31-32-33(21)3)18-8-7-16(12-28-18)29-22(34)15-10-24(11-15,36-4)13-26-2/h5-9,12-15H,10-11H2,1-4H3,(H,29,34)(H,30,35)/t14-,15?,24?/m1/s1. The molecular formula is C24H27ClN8O4. The van der Waals surface area contributed by atoms with E-state index >= 15 is 0 Å². The fraction of sp³-hybridized carbons (Fsp3) is 0.375. The Hall–Kier alpha value is -3.90. The van der Waals surface area contributed by atoms with Crippen LogP contribution >= 0.6 is 11.6 Å². The predicted molar refractivity (Wildman–Crippen MR) is 138 cm³/mol. The molecule has 37 heavy (non-hydrogen) atoms. The van der Waals surface area contributed by atoms with Crippen LogP contribution in [-0.2, 0) is 21.3 Å². The summed E-state index contributed by atoms with van der Waals surface area (Å²) in [4.78, 5) is 37.6. The number of ether oxygens (including phenoxy) is 2. The molecule has 3 aromatic heterocycles. The molecule has 0 saturated heterocycles. The second-order valence-corrected chi connectivity index (χ2v) is 9.01. The number of nitrogens with zero attached hydrogens (tertiary/aromatic N) is 6. The number of carbonyl (C=O) groups is 2. The summed E-state index contributed by atoms with van der Waals surface area (Å²) in [6.07, 6.45) is 4.59. The first-order valence-corrected chi connectivity index (χ1v) is 11.9. The summed E-state index contributed by atoms with van der Waals surface area (Å²) in [5, 5.41) is 13.9. The van der Waals surface area contributed by atoms with E-state index in [2.05, 4.69) is 35.9 Å². The molecule has 0 unspecified atom stereocenters. The Morgan fingerprint density at radius 2 is 2.05 bits per heavy atom. The number of amides is 2. The number of halogens is 1. The molecule has 13 heteroatoms. The average molecular weight is 527 g/mol. The zero-order valence-electron chi connectivity index (χ0n) is 20.8. The minimum Gasteiger partial charge on any atom is -0.441 e. The number of hydrogen-bond donors (Lipinski definition) is 2. The van der Waals surface area contributed by atoms with E-state index in [4.69, 9.17) is 21.1 Å². The maximum absolute atomic E-state index is 12.6. The number of pyridine rings is 2. The highest BCUT2D eigenvalue weighted by molar-refractivity contribution is 6.30. The molecule has 0 spiro atoms. The van der Waals surface area contributed by atoms with Gasteiger partial charge < -0.3 is 14.8 Å². The van der Waals surface area contributed by atoms with Crippen LogP contribution in [0.4, 0.5) is 16.3 Å². The van der Waals surface area contributed by atoms with Gasteiger partial charge in [0.1, 0.15) is 16.9 Å². The van der Waals surface area contributed by atoms with E-state index in [0.29, 0.717) is 41.3 Å². The van der Waals surface area contributed by atoms with Gasteiger partial charge in [-0.1, -0.05) is 22.9 Å². The monoisotopic (exact) mass is 526 g/mol. The minimum absolute atomic E-state index is 0.112. The van der Waals surface area contributed by atoms with Crippen molar-refractivity contribution in [3.63, 3.8) is 0 Å². The third kappa shape index (κ3) is 5.75. The highest BCUT2D eigenvalue weighted by atomic mass is 35.5. The van der Waals surface area contributed by atoms with E-state index in [-0.39, 0.29) is 17.0 Å². The largest absolute Gasteiger partial charge is 0.441 e. The van der Waals surface area contributed by atoms with Gasteiger partial charge in [-0.25, -0.2) is 14.5 Å². The smallest absolute Gasteiger partial charge is 0.413 e. The third-order valence-corrected chi connectivity index (χ3v) is 6.47. The van der Waals surface area contributed by atoms with Gasteiger partial charge in [0.15, 0.2) is 11.5 Å². The van der Waals surface area contributed by atoms with Gasteiger partial charge in [-0.3, -0.25) is 20.1 Å². The maximum Gasteiger partial charge on any atom is 0.413 e. The molecule has 0 bridgehead atoms. The molecule has 2 amide bonds. The summed E-state index contributed by atoms with van der Waals surface area (Å²) in [6.45, 7) is 1.69. The fourth-order valence-corrected chi connectivity index (χ4v) is 4.37. The zero-order chi connectivity index (χ0) is 26.6. The molecule has 194 valence electrons. The second kappa shape index (κ2) is 11.0. The van der Waals surface area contributed by atoms with Crippen LogP contribution in [0.1, 0.15) is 31.4 Å². The summed E-state index contributed by atoms with van der Waals surface area (Å²) in [6, 6.07) is 6.82. The fourth-order valence-electron chi connectivity index (χ4n) is 4.09. The lowest BCUT2D eigenvalue weighted by molar-refractivity contribution is -0.131. The predicted octanol–water partition coefficient (Wildman–Crippen LogP) is 3.67. The number of methoxy groups -OCH3 is 1. The molecular weight excluding hydrogens is 500 g/mol.